The van der Waals surface area contributed by atoms with E-state index in [9.17, 15) is 4.79 Å². The van der Waals surface area contributed by atoms with Crippen LogP contribution in [0.25, 0.3) is 5.69 Å². The maximum Gasteiger partial charge on any atom is 0.257 e. The Morgan fingerprint density at radius 3 is 2.43 bits per heavy atom. The number of nitrogens with zero attached hydrogens (tertiary/aromatic N) is 4. The number of carbonyl (C=O) groups excluding carboxylic acids is 1. The molecule has 0 N–H and O–H groups in total. The Labute approximate surface area is 170 Å². The molecule has 0 radical (unpaired) electrons. The second-order valence-electron chi connectivity index (χ2n) is 7.15. The SMILES string of the molecule is Cc1cccc(N2CCN(C(=O)c3cnn(-c4ccc(Cl)cc4)c3)CC2)c1C. The number of carbonyl (C=O) groups is 1. The molecule has 2 heterocycles. The lowest BCUT2D eigenvalue weighted by Crippen LogP contribution is -2.49. The van der Waals surface area contributed by atoms with Crippen LogP contribution in [0.1, 0.15) is 21.5 Å². The molecule has 0 unspecified atom stereocenters. The molecule has 0 atom stereocenters. The van der Waals surface area contributed by atoms with Crippen molar-refractivity contribution in [3.05, 3.63) is 76.6 Å². The third kappa shape index (κ3) is 3.62. The smallest absolute Gasteiger partial charge is 0.257 e. The van der Waals surface area contributed by atoms with E-state index in [0.29, 0.717) is 23.7 Å². The fourth-order valence-electron chi connectivity index (χ4n) is 3.58. The molecule has 0 saturated carbocycles. The van der Waals surface area contributed by atoms with Crippen LogP contribution in [0.15, 0.2) is 54.9 Å². The number of benzene rings is 2. The topological polar surface area (TPSA) is 41.4 Å². The quantitative estimate of drug-likeness (QED) is 0.671. The Morgan fingerprint density at radius 2 is 1.71 bits per heavy atom. The highest BCUT2D eigenvalue weighted by Gasteiger charge is 2.24. The molecule has 1 aromatic heterocycles. The normalized spacial score (nSPS) is 14.4. The van der Waals surface area contributed by atoms with Gasteiger partial charge in [-0.25, -0.2) is 4.68 Å². The largest absolute Gasteiger partial charge is 0.368 e. The number of piperazine rings is 1. The van der Waals surface area contributed by atoms with E-state index in [0.717, 1.165) is 18.8 Å². The lowest BCUT2D eigenvalue weighted by molar-refractivity contribution is 0.0747. The van der Waals surface area contributed by atoms with E-state index in [-0.39, 0.29) is 5.91 Å². The van der Waals surface area contributed by atoms with Gasteiger partial charge in [0, 0.05) is 43.1 Å². The van der Waals surface area contributed by atoms with Crippen LogP contribution in [-0.4, -0.2) is 46.8 Å². The third-order valence-corrected chi connectivity index (χ3v) is 5.66. The van der Waals surface area contributed by atoms with Gasteiger partial charge in [0.1, 0.15) is 0 Å². The van der Waals surface area contributed by atoms with E-state index < -0.39 is 0 Å². The molecule has 1 saturated heterocycles. The molecule has 0 aliphatic carbocycles. The van der Waals surface area contributed by atoms with Crippen molar-refractivity contribution in [2.75, 3.05) is 31.1 Å². The van der Waals surface area contributed by atoms with Gasteiger partial charge in [0.15, 0.2) is 0 Å². The number of hydrogen-bond acceptors (Lipinski definition) is 3. The van der Waals surface area contributed by atoms with E-state index >= 15 is 0 Å². The number of aryl methyl sites for hydroxylation is 1. The summed E-state index contributed by atoms with van der Waals surface area (Å²) in [5.74, 6) is 0.0285. The predicted octanol–water partition coefficient (Wildman–Crippen LogP) is 4.10. The second kappa shape index (κ2) is 7.68. The van der Waals surface area contributed by atoms with Crippen LogP contribution in [0.3, 0.4) is 0 Å². The molecule has 0 bridgehead atoms. The summed E-state index contributed by atoms with van der Waals surface area (Å²) in [6.45, 7) is 7.38. The summed E-state index contributed by atoms with van der Waals surface area (Å²) in [6, 6.07) is 13.8. The van der Waals surface area contributed by atoms with Crippen molar-refractivity contribution in [2.24, 2.45) is 0 Å². The Morgan fingerprint density at radius 1 is 1.00 bits per heavy atom. The highest BCUT2D eigenvalue weighted by Crippen LogP contribution is 2.24. The zero-order chi connectivity index (χ0) is 19.7. The summed E-state index contributed by atoms with van der Waals surface area (Å²) in [5, 5.41) is 5.01. The molecule has 4 rings (SSSR count). The molecule has 28 heavy (non-hydrogen) atoms. The first-order valence-electron chi connectivity index (χ1n) is 9.44. The number of halogens is 1. The van der Waals surface area contributed by atoms with Crippen LogP contribution in [0.5, 0.6) is 0 Å². The molecule has 1 amide bonds. The Balaban J connectivity index is 1.43. The average Bonchev–Trinajstić information content (AvgIpc) is 3.20. The Hall–Kier alpha value is -2.79. The van der Waals surface area contributed by atoms with Gasteiger partial charge < -0.3 is 9.80 Å². The first kappa shape index (κ1) is 18.6. The number of amides is 1. The minimum Gasteiger partial charge on any atom is -0.368 e. The minimum absolute atomic E-state index is 0.0285. The van der Waals surface area contributed by atoms with Crippen molar-refractivity contribution in [2.45, 2.75) is 13.8 Å². The van der Waals surface area contributed by atoms with Gasteiger partial charge in [0.25, 0.3) is 5.91 Å². The summed E-state index contributed by atoms with van der Waals surface area (Å²) in [7, 11) is 0. The standard InChI is InChI=1S/C22H23ClN4O/c1-16-4-3-5-21(17(16)2)25-10-12-26(13-11-25)22(28)18-14-24-27(15-18)20-8-6-19(23)7-9-20/h3-9,14-15H,10-13H2,1-2H3. The van der Waals surface area contributed by atoms with Gasteiger partial charge in [-0.15, -0.1) is 0 Å². The number of aromatic nitrogens is 2. The highest BCUT2D eigenvalue weighted by molar-refractivity contribution is 6.30. The van der Waals surface area contributed by atoms with Gasteiger partial charge in [-0.1, -0.05) is 23.7 Å². The average molecular weight is 395 g/mol. The molecule has 0 spiro atoms. The van der Waals surface area contributed by atoms with Gasteiger partial charge in [-0.2, -0.15) is 5.10 Å². The van der Waals surface area contributed by atoms with Gasteiger partial charge in [-0.3, -0.25) is 4.79 Å². The summed E-state index contributed by atoms with van der Waals surface area (Å²) >= 11 is 5.94. The lowest BCUT2D eigenvalue weighted by atomic mass is 10.1. The summed E-state index contributed by atoms with van der Waals surface area (Å²) in [6.07, 6.45) is 3.41. The number of rotatable bonds is 3. The van der Waals surface area contributed by atoms with Crippen LogP contribution in [0, 0.1) is 13.8 Å². The van der Waals surface area contributed by atoms with Crippen LogP contribution in [0.2, 0.25) is 5.02 Å². The van der Waals surface area contributed by atoms with E-state index in [1.54, 1.807) is 17.1 Å². The van der Waals surface area contributed by atoms with Crippen molar-refractivity contribution in [1.29, 1.82) is 0 Å². The lowest BCUT2D eigenvalue weighted by Gasteiger charge is -2.37. The zero-order valence-electron chi connectivity index (χ0n) is 16.1. The molecule has 6 heteroatoms. The molecular formula is C22H23ClN4O. The summed E-state index contributed by atoms with van der Waals surface area (Å²) in [5.41, 5.74) is 5.36. The van der Waals surface area contributed by atoms with Gasteiger partial charge in [0.05, 0.1) is 17.4 Å². The molecule has 1 aliphatic heterocycles. The molecule has 1 fully saturated rings. The van der Waals surface area contributed by atoms with Crippen molar-refractivity contribution in [3.8, 4) is 5.69 Å². The third-order valence-electron chi connectivity index (χ3n) is 5.40. The number of anilines is 1. The molecular weight excluding hydrogens is 372 g/mol. The van der Waals surface area contributed by atoms with Gasteiger partial charge in [0.2, 0.25) is 0 Å². The molecule has 1 aliphatic rings. The van der Waals surface area contributed by atoms with Crippen LogP contribution < -0.4 is 4.90 Å². The van der Waals surface area contributed by atoms with Crippen LogP contribution >= 0.6 is 11.6 Å². The first-order valence-corrected chi connectivity index (χ1v) is 9.82. The van der Waals surface area contributed by atoms with E-state index in [1.165, 1.54) is 16.8 Å². The van der Waals surface area contributed by atoms with Crippen LogP contribution in [-0.2, 0) is 0 Å². The monoisotopic (exact) mass is 394 g/mol. The Bertz CT molecular complexity index is 988. The van der Waals surface area contributed by atoms with Crippen molar-refractivity contribution in [1.82, 2.24) is 14.7 Å². The van der Waals surface area contributed by atoms with Crippen molar-refractivity contribution in [3.63, 3.8) is 0 Å². The molecule has 144 valence electrons. The predicted molar refractivity (Wildman–Crippen MR) is 113 cm³/mol. The molecule has 2 aromatic carbocycles. The first-order chi connectivity index (χ1) is 13.5. The Kier molecular flexibility index (Phi) is 5.09. The maximum atomic E-state index is 12.9. The zero-order valence-corrected chi connectivity index (χ0v) is 16.9. The van der Waals surface area contributed by atoms with Gasteiger partial charge in [-0.05, 0) is 55.3 Å². The van der Waals surface area contributed by atoms with Crippen molar-refractivity contribution >= 4 is 23.2 Å². The summed E-state index contributed by atoms with van der Waals surface area (Å²) < 4.78 is 1.70. The summed E-state index contributed by atoms with van der Waals surface area (Å²) in [4.78, 5) is 17.2. The second-order valence-corrected chi connectivity index (χ2v) is 7.58. The van der Waals surface area contributed by atoms with Gasteiger partial charge >= 0.3 is 0 Å². The minimum atomic E-state index is 0.0285. The van der Waals surface area contributed by atoms with E-state index in [1.807, 2.05) is 29.2 Å². The fourth-order valence-corrected chi connectivity index (χ4v) is 3.71. The highest BCUT2D eigenvalue weighted by atomic mass is 35.5. The van der Waals surface area contributed by atoms with Crippen LogP contribution in [0.4, 0.5) is 5.69 Å². The fraction of sp³-hybridized carbons (Fsp3) is 0.273. The number of hydrogen-bond donors (Lipinski definition) is 0. The van der Waals surface area contributed by atoms with E-state index in [2.05, 4.69) is 42.0 Å². The van der Waals surface area contributed by atoms with Crippen molar-refractivity contribution < 1.29 is 4.79 Å². The molecule has 5 nitrogen and oxygen atoms in total. The molecule has 3 aromatic rings. The van der Waals surface area contributed by atoms with E-state index in [4.69, 9.17) is 11.6 Å². The maximum absolute atomic E-state index is 12.9.